The van der Waals surface area contributed by atoms with Crippen molar-refractivity contribution >= 4 is 5.69 Å². The maximum atomic E-state index is 5.63. The highest BCUT2D eigenvalue weighted by Crippen LogP contribution is 2.26. The largest absolute Gasteiger partial charge is 0.492 e. The van der Waals surface area contributed by atoms with Crippen molar-refractivity contribution in [3.63, 3.8) is 0 Å². The first kappa shape index (κ1) is 12.5. The third-order valence-corrected chi connectivity index (χ3v) is 2.79. The van der Waals surface area contributed by atoms with E-state index in [4.69, 9.17) is 4.74 Å². The lowest BCUT2D eigenvalue weighted by molar-refractivity contribution is 0.341. The summed E-state index contributed by atoms with van der Waals surface area (Å²) in [6.45, 7) is 5.41. The Labute approximate surface area is 108 Å². The number of imidazole rings is 1. The number of benzene rings is 1. The van der Waals surface area contributed by atoms with Crippen LogP contribution in [0.25, 0.3) is 0 Å². The Kier molecular flexibility index (Phi) is 3.87. The summed E-state index contributed by atoms with van der Waals surface area (Å²) in [5, 5.41) is 3.36. The smallest absolute Gasteiger partial charge is 0.142 e. The molecule has 2 rings (SSSR count). The second kappa shape index (κ2) is 5.58. The molecule has 18 heavy (non-hydrogen) atoms. The Bertz CT molecular complexity index is 520. The second-order valence-corrected chi connectivity index (χ2v) is 4.24. The van der Waals surface area contributed by atoms with Crippen molar-refractivity contribution in [1.29, 1.82) is 0 Å². The topological polar surface area (TPSA) is 39.1 Å². The summed E-state index contributed by atoms with van der Waals surface area (Å²) in [5.74, 6) is 1.89. The highest BCUT2D eigenvalue weighted by atomic mass is 16.5. The fourth-order valence-corrected chi connectivity index (χ4v) is 1.79. The molecule has 0 unspecified atom stereocenters. The van der Waals surface area contributed by atoms with Crippen molar-refractivity contribution in [2.75, 3.05) is 11.9 Å². The molecule has 1 N–H and O–H groups in total. The van der Waals surface area contributed by atoms with Gasteiger partial charge < -0.3 is 14.6 Å². The van der Waals surface area contributed by atoms with Gasteiger partial charge in [0.2, 0.25) is 0 Å². The summed E-state index contributed by atoms with van der Waals surface area (Å²) in [5.41, 5.74) is 2.20. The van der Waals surface area contributed by atoms with Gasteiger partial charge in [-0.25, -0.2) is 4.98 Å². The van der Waals surface area contributed by atoms with E-state index in [1.54, 1.807) is 6.20 Å². The maximum Gasteiger partial charge on any atom is 0.142 e. The molecule has 0 amide bonds. The first-order chi connectivity index (χ1) is 8.70. The molecular formula is C14H19N3O. The summed E-state index contributed by atoms with van der Waals surface area (Å²) in [7, 11) is 1.99. The molecule has 0 aliphatic heterocycles. The number of aromatic nitrogens is 2. The van der Waals surface area contributed by atoms with Crippen molar-refractivity contribution in [1.82, 2.24) is 9.55 Å². The van der Waals surface area contributed by atoms with Crippen molar-refractivity contribution in [2.45, 2.75) is 20.4 Å². The van der Waals surface area contributed by atoms with E-state index in [1.807, 2.05) is 36.9 Å². The molecule has 4 nitrogen and oxygen atoms in total. The fourth-order valence-electron chi connectivity index (χ4n) is 1.79. The maximum absolute atomic E-state index is 5.63. The Morgan fingerprint density at radius 2 is 2.22 bits per heavy atom. The van der Waals surface area contributed by atoms with Gasteiger partial charge in [-0.05, 0) is 31.5 Å². The number of ether oxygens (including phenoxy) is 1. The molecule has 0 saturated carbocycles. The standard InChI is InChI=1S/C14H19N3O/c1-4-18-13-9-11(2)5-6-12(13)16-10-14-15-7-8-17(14)3/h5-9,16H,4,10H2,1-3H3. The zero-order valence-electron chi connectivity index (χ0n) is 11.1. The molecule has 4 heteroatoms. The van der Waals surface area contributed by atoms with Crippen LogP contribution >= 0.6 is 0 Å². The van der Waals surface area contributed by atoms with Gasteiger partial charge in [0, 0.05) is 19.4 Å². The Hall–Kier alpha value is -1.97. The van der Waals surface area contributed by atoms with Crippen LogP contribution in [0, 0.1) is 6.92 Å². The lowest BCUT2D eigenvalue weighted by Gasteiger charge is -2.13. The lowest BCUT2D eigenvalue weighted by atomic mass is 10.2. The molecule has 0 aliphatic carbocycles. The van der Waals surface area contributed by atoms with Crippen LogP contribution in [0.4, 0.5) is 5.69 Å². The second-order valence-electron chi connectivity index (χ2n) is 4.24. The number of nitrogens with one attached hydrogen (secondary N) is 1. The first-order valence-electron chi connectivity index (χ1n) is 6.14. The molecule has 0 radical (unpaired) electrons. The molecule has 0 atom stereocenters. The molecular weight excluding hydrogens is 226 g/mol. The summed E-state index contributed by atoms with van der Waals surface area (Å²) >= 11 is 0. The van der Waals surface area contributed by atoms with Gasteiger partial charge in [-0.15, -0.1) is 0 Å². The van der Waals surface area contributed by atoms with Crippen LogP contribution in [0.2, 0.25) is 0 Å². The van der Waals surface area contributed by atoms with Gasteiger partial charge >= 0.3 is 0 Å². The van der Waals surface area contributed by atoms with Gasteiger partial charge in [-0.1, -0.05) is 6.07 Å². The molecule has 0 bridgehead atoms. The minimum absolute atomic E-state index is 0.667. The number of rotatable bonds is 5. The zero-order chi connectivity index (χ0) is 13.0. The van der Waals surface area contributed by atoms with Gasteiger partial charge in [-0.3, -0.25) is 0 Å². The number of aryl methyl sites for hydroxylation is 2. The van der Waals surface area contributed by atoms with E-state index < -0.39 is 0 Å². The van der Waals surface area contributed by atoms with Crippen LogP contribution in [0.5, 0.6) is 5.75 Å². The summed E-state index contributed by atoms with van der Waals surface area (Å²) < 4.78 is 7.63. The number of hydrogen-bond donors (Lipinski definition) is 1. The van der Waals surface area contributed by atoms with Gasteiger partial charge in [0.25, 0.3) is 0 Å². The molecule has 2 aromatic rings. The van der Waals surface area contributed by atoms with Gasteiger partial charge in [-0.2, -0.15) is 0 Å². The predicted molar refractivity (Wildman–Crippen MR) is 72.9 cm³/mol. The normalized spacial score (nSPS) is 10.4. The number of nitrogens with zero attached hydrogens (tertiary/aromatic N) is 2. The van der Waals surface area contributed by atoms with Crippen molar-refractivity contribution < 1.29 is 4.74 Å². The highest BCUT2D eigenvalue weighted by Gasteiger charge is 2.05. The zero-order valence-corrected chi connectivity index (χ0v) is 11.1. The highest BCUT2D eigenvalue weighted by molar-refractivity contribution is 5.57. The predicted octanol–water partition coefficient (Wildman–Crippen LogP) is 2.74. The Balaban J connectivity index is 2.11. The summed E-state index contributed by atoms with van der Waals surface area (Å²) in [6.07, 6.45) is 3.74. The molecule has 1 heterocycles. The average Bonchev–Trinajstić information content (AvgIpc) is 2.74. The van der Waals surface area contributed by atoms with Crippen LogP contribution in [0.15, 0.2) is 30.6 Å². The Morgan fingerprint density at radius 3 is 2.89 bits per heavy atom. The average molecular weight is 245 g/mol. The van der Waals surface area contributed by atoms with Crippen LogP contribution < -0.4 is 10.1 Å². The molecule has 1 aromatic heterocycles. The van der Waals surface area contributed by atoms with Crippen molar-refractivity contribution in [3.05, 3.63) is 42.0 Å². The minimum atomic E-state index is 0.667. The quantitative estimate of drug-likeness (QED) is 0.880. The van der Waals surface area contributed by atoms with E-state index in [2.05, 4.69) is 23.3 Å². The Morgan fingerprint density at radius 1 is 1.39 bits per heavy atom. The van der Waals surface area contributed by atoms with E-state index >= 15 is 0 Å². The van der Waals surface area contributed by atoms with Crippen molar-refractivity contribution in [3.8, 4) is 5.75 Å². The van der Waals surface area contributed by atoms with E-state index in [0.717, 1.165) is 17.3 Å². The molecule has 0 fully saturated rings. The summed E-state index contributed by atoms with van der Waals surface area (Å²) in [6, 6.07) is 6.16. The molecule has 96 valence electrons. The third-order valence-electron chi connectivity index (χ3n) is 2.79. The van der Waals surface area contributed by atoms with Crippen LogP contribution in [-0.4, -0.2) is 16.2 Å². The van der Waals surface area contributed by atoms with Crippen molar-refractivity contribution in [2.24, 2.45) is 7.05 Å². The van der Waals surface area contributed by atoms with E-state index in [9.17, 15) is 0 Å². The molecule has 1 aromatic carbocycles. The monoisotopic (exact) mass is 245 g/mol. The third kappa shape index (κ3) is 2.83. The summed E-state index contributed by atoms with van der Waals surface area (Å²) in [4.78, 5) is 4.28. The number of hydrogen-bond acceptors (Lipinski definition) is 3. The van der Waals surface area contributed by atoms with Gasteiger partial charge in [0.15, 0.2) is 0 Å². The van der Waals surface area contributed by atoms with E-state index in [1.165, 1.54) is 5.56 Å². The molecule has 0 aliphatic rings. The van der Waals surface area contributed by atoms with Gasteiger partial charge in [0.05, 0.1) is 18.8 Å². The fraction of sp³-hybridized carbons (Fsp3) is 0.357. The number of anilines is 1. The van der Waals surface area contributed by atoms with Crippen LogP contribution in [0.3, 0.4) is 0 Å². The lowest BCUT2D eigenvalue weighted by Crippen LogP contribution is -2.07. The van der Waals surface area contributed by atoms with Crippen LogP contribution in [-0.2, 0) is 13.6 Å². The van der Waals surface area contributed by atoms with Gasteiger partial charge in [0.1, 0.15) is 11.6 Å². The molecule has 0 saturated heterocycles. The van der Waals surface area contributed by atoms with E-state index in [-0.39, 0.29) is 0 Å². The SMILES string of the molecule is CCOc1cc(C)ccc1NCc1nccn1C. The molecule has 0 spiro atoms. The minimum Gasteiger partial charge on any atom is -0.492 e. The van der Waals surface area contributed by atoms with E-state index in [0.29, 0.717) is 13.2 Å². The first-order valence-corrected chi connectivity index (χ1v) is 6.14. The van der Waals surface area contributed by atoms with Crippen LogP contribution in [0.1, 0.15) is 18.3 Å².